The first-order valence-corrected chi connectivity index (χ1v) is 11.0. The highest BCUT2D eigenvalue weighted by molar-refractivity contribution is 7.13. The molecule has 164 valence electrons. The predicted octanol–water partition coefficient (Wildman–Crippen LogP) is 4.36. The minimum atomic E-state index is -0.381. The molecule has 0 saturated heterocycles. The van der Waals surface area contributed by atoms with Gasteiger partial charge in [0.15, 0.2) is 0 Å². The van der Waals surface area contributed by atoms with Crippen LogP contribution in [0.25, 0.3) is 21.6 Å². The maximum atomic E-state index is 11.5. The molecule has 0 unspecified atom stereocenters. The Bertz CT molecular complexity index is 1260. The molecule has 1 aliphatic heterocycles. The lowest BCUT2D eigenvalue weighted by molar-refractivity contribution is -0.105. The molecule has 4 aromatic rings. The lowest BCUT2D eigenvalue weighted by atomic mass is 10.1. The van der Waals surface area contributed by atoms with Crippen molar-refractivity contribution in [3.05, 3.63) is 58.6 Å². The van der Waals surface area contributed by atoms with Gasteiger partial charge in [-0.25, -0.2) is 14.8 Å². The van der Waals surface area contributed by atoms with Crippen LogP contribution in [0.4, 0.5) is 5.95 Å². The number of esters is 1. The van der Waals surface area contributed by atoms with Gasteiger partial charge in [-0.05, 0) is 55.8 Å². The molecular formula is C23H22N4O4S. The van der Waals surface area contributed by atoms with Crippen LogP contribution >= 0.6 is 11.3 Å². The van der Waals surface area contributed by atoms with Crippen molar-refractivity contribution in [2.75, 3.05) is 18.5 Å². The number of nitrogens with one attached hydrogen (secondary N) is 2. The van der Waals surface area contributed by atoms with E-state index in [1.807, 2.05) is 6.92 Å². The third kappa shape index (κ3) is 4.78. The average molecular weight is 451 g/mol. The van der Waals surface area contributed by atoms with Crippen molar-refractivity contribution in [1.82, 2.24) is 15.0 Å². The van der Waals surface area contributed by atoms with E-state index in [1.54, 1.807) is 36.5 Å². The number of hydrogen-bond acceptors (Lipinski definition) is 7. The highest BCUT2D eigenvalue weighted by Gasteiger charge is 2.13. The van der Waals surface area contributed by atoms with E-state index in [0.717, 1.165) is 29.5 Å². The smallest absolute Gasteiger partial charge is 0.338 e. The summed E-state index contributed by atoms with van der Waals surface area (Å²) >= 11 is 1.70. The summed E-state index contributed by atoms with van der Waals surface area (Å²) in [5.74, 6) is 0.997. The highest BCUT2D eigenvalue weighted by Crippen LogP contribution is 2.31. The zero-order valence-corrected chi connectivity index (χ0v) is 18.5. The molecule has 8 nitrogen and oxygen atoms in total. The number of benzene rings is 2. The molecule has 32 heavy (non-hydrogen) atoms. The minimum Gasteiger partial charge on any atom is -0.493 e. The third-order valence-electron chi connectivity index (χ3n) is 4.74. The topological polar surface area (TPSA) is 106 Å². The molecule has 0 fully saturated rings. The van der Waals surface area contributed by atoms with Gasteiger partial charge < -0.3 is 14.5 Å². The molecule has 3 heterocycles. The molecule has 5 rings (SSSR count). The van der Waals surface area contributed by atoms with Crippen molar-refractivity contribution in [2.24, 2.45) is 0 Å². The van der Waals surface area contributed by atoms with E-state index >= 15 is 0 Å². The van der Waals surface area contributed by atoms with Gasteiger partial charge in [-0.3, -0.25) is 10.1 Å². The first kappa shape index (κ1) is 21.5. The largest absolute Gasteiger partial charge is 0.493 e. The molecule has 2 aromatic carbocycles. The normalized spacial score (nSPS) is 11.8. The van der Waals surface area contributed by atoms with Crippen LogP contribution in [0.2, 0.25) is 0 Å². The standard InChI is InChI=1S/C12H11NOS.C11H11N3O3/c1-8-7-15-12(13-8)10-2-3-11-9(6-10)4-5-14-11;1-2-17-10(16)7-3-4-8-9(5-7)14-11(13-8)12-6-15/h2-3,6-7H,4-5H2,1H3;3-6H,2H2,1H3,(H2,12,13,14,15). The summed E-state index contributed by atoms with van der Waals surface area (Å²) < 4.78 is 10.4. The molecule has 0 aliphatic carbocycles. The van der Waals surface area contributed by atoms with Crippen molar-refractivity contribution >= 4 is 40.7 Å². The van der Waals surface area contributed by atoms with Gasteiger partial charge in [-0.1, -0.05) is 0 Å². The van der Waals surface area contributed by atoms with Crippen molar-refractivity contribution in [3.63, 3.8) is 0 Å². The van der Waals surface area contributed by atoms with Crippen LogP contribution < -0.4 is 10.1 Å². The van der Waals surface area contributed by atoms with Crippen LogP contribution in [0.15, 0.2) is 41.8 Å². The van der Waals surface area contributed by atoms with Crippen LogP contribution in [0, 0.1) is 6.92 Å². The van der Waals surface area contributed by atoms with E-state index in [0.29, 0.717) is 35.6 Å². The summed E-state index contributed by atoms with van der Waals surface area (Å²) in [6.45, 7) is 4.92. The van der Waals surface area contributed by atoms with Crippen LogP contribution in [0.5, 0.6) is 5.75 Å². The van der Waals surface area contributed by atoms with Gasteiger partial charge in [0.1, 0.15) is 10.8 Å². The average Bonchev–Trinajstić information content (AvgIpc) is 3.52. The van der Waals surface area contributed by atoms with E-state index in [9.17, 15) is 9.59 Å². The molecule has 0 atom stereocenters. The summed E-state index contributed by atoms with van der Waals surface area (Å²) in [5, 5.41) is 5.59. The molecule has 0 bridgehead atoms. The molecule has 1 amide bonds. The molecule has 9 heteroatoms. The number of ether oxygens (including phenoxy) is 2. The van der Waals surface area contributed by atoms with Crippen molar-refractivity contribution in [3.8, 4) is 16.3 Å². The maximum Gasteiger partial charge on any atom is 0.338 e. The number of nitrogens with zero attached hydrogens (tertiary/aromatic N) is 2. The second-order valence-electron chi connectivity index (χ2n) is 7.02. The van der Waals surface area contributed by atoms with E-state index in [2.05, 4.69) is 43.8 Å². The summed E-state index contributed by atoms with van der Waals surface area (Å²) in [6.07, 6.45) is 1.55. The van der Waals surface area contributed by atoms with E-state index in [4.69, 9.17) is 9.47 Å². The summed E-state index contributed by atoms with van der Waals surface area (Å²) in [4.78, 5) is 33.2. The Hall–Kier alpha value is -3.72. The second kappa shape index (κ2) is 9.61. The number of imidazole rings is 1. The van der Waals surface area contributed by atoms with Crippen molar-refractivity contribution in [1.29, 1.82) is 0 Å². The van der Waals surface area contributed by atoms with Gasteiger partial charge in [0.25, 0.3) is 0 Å². The molecular weight excluding hydrogens is 428 g/mol. The van der Waals surface area contributed by atoms with Crippen LogP contribution in [0.3, 0.4) is 0 Å². The van der Waals surface area contributed by atoms with E-state index < -0.39 is 0 Å². The highest BCUT2D eigenvalue weighted by atomic mass is 32.1. The van der Waals surface area contributed by atoms with Crippen LogP contribution in [-0.2, 0) is 16.0 Å². The molecule has 0 radical (unpaired) electrons. The number of thiazole rings is 1. The second-order valence-corrected chi connectivity index (χ2v) is 7.87. The van der Waals surface area contributed by atoms with Crippen molar-refractivity contribution in [2.45, 2.75) is 20.3 Å². The number of fused-ring (bicyclic) bond motifs is 2. The van der Waals surface area contributed by atoms with E-state index in [-0.39, 0.29) is 5.97 Å². The number of aromatic nitrogens is 3. The fraction of sp³-hybridized carbons (Fsp3) is 0.217. The monoisotopic (exact) mass is 450 g/mol. The summed E-state index contributed by atoms with van der Waals surface area (Å²) in [6, 6.07) is 11.3. The SMILES string of the molecule is CCOC(=O)c1ccc2nc(NC=O)[nH]c2c1.Cc1csc(-c2ccc3c(c2)CCO3)n1. The number of hydrogen-bond donors (Lipinski definition) is 2. The third-order valence-corrected chi connectivity index (χ3v) is 5.75. The molecule has 2 N–H and O–H groups in total. The maximum absolute atomic E-state index is 11.5. The zero-order valence-electron chi connectivity index (χ0n) is 17.7. The van der Waals surface area contributed by atoms with Crippen molar-refractivity contribution < 1.29 is 19.1 Å². The number of carbonyl (C=O) groups is 2. The number of rotatable bonds is 5. The quantitative estimate of drug-likeness (QED) is 0.346. The Balaban J connectivity index is 0.000000154. The Morgan fingerprint density at radius 1 is 1.28 bits per heavy atom. The summed E-state index contributed by atoms with van der Waals surface area (Å²) in [5.41, 5.74) is 5.38. The molecule has 0 saturated carbocycles. The summed E-state index contributed by atoms with van der Waals surface area (Å²) in [7, 11) is 0. The van der Waals surface area contributed by atoms with Crippen LogP contribution in [-0.4, -0.2) is 40.5 Å². The zero-order chi connectivity index (χ0) is 22.5. The van der Waals surface area contributed by atoms with Gasteiger partial charge in [0.05, 0.1) is 29.8 Å². The number of aryl methyl sites for hydroxylation is 1. The van der Waals surface area contributed by atoms with E-state index in [1.165, 1.54) is 11.1 Å². The number of amides is 1. The van der Waals surface area contributed by atoms with Gasteiger partial charge in [-0.15, -0.1) is 11.3 Å². The Labute approximate surface area is 188 Å². The fourth-order valence-electron chi connectivity index (χ4n) is 3.28. The van der Waals surface area contributed by atoms with Crippen LogP contribution in [0.1, 0.15) is 28.5 Å². The molecule has 0 spiro atoms. The number of aromatic amines is 1. The van der Waals surface area contributed by atoms with Gasteiger partial charge >= 0.3 is 5.97 Å². The lowest BCUT2D eigenvalue weighted by Crippen LogP contribution is -2.04. The number of carbonyl (C=O) groups excluding carboxylic acids is 2. The molecule has 2 aromatic heterocycles. The number of anilines is 1. The predicted molar refractivity (Wildman–Crippen MR) is 123 cm³/mol. The van der Waals surface area contributed by atoms with Gasteiger partial charge in [-0.2, -0.15) is 0 Å². The first-order valence-electron chi connectivity index (χ1n) is 10.1. The lowest BCUT2D eigenvalue weighted by Gasteiger charge is -2.00. The minimum absolute atomic E-state index is 0.331. The Kier molecular flexibility index (Phi) is 6.46. The Morgan fingerprint density at radius 2 is 2.16 bits per heavy atom. The first-order chi connectivity index (χ1) is 15.6. The van der Waals surface area contributed by atoms with Gasteiger partial charge in [0, 0.05) is 23.1 Å². The number of H-pyrrole nitrogens is 1. The fourth-order valence-corrected chi connectivity index (χ4v) is 4.08. The molecule has 1 aliphatic rings. The Morgan fingerprint density at radius 3 is 2.91 bits per heavy atom. The van der Waals surface area contributed by atoms with Gasteiger partial charge in [0.2, 0.25) is 12.4 Å².